The Kier molecular flexibility index (Phi) is 7.46. The average Bonchev–Trinajstić information content (AvgIpc) is 2.67. The van der Waals surface area contributed by atoms with Crippen LogP contribution in [-0.4, -0.2) is 78.0 Å². The molecule has 0 aliphatic carbocycles. The van der Waals surface area contributed by atoms with Gasteiger partial charge >= 0.3 is 0 Å². The summed E-state index contributed by atoms with van der Waals surface area (Å²) in [5.41, 5.74) is 0. The largest absolute Gasteiger partial charge is 0.497 e. The van der Waals surface area contributed by atoms with Crippen molar-refractivity contribution in [3.8, 4) is 11.5 Å². The smallest absolute Gasteiger partial charge is 0.246 e. The third-order valence-corrected chi connectivity index (χ3v) is 6.61. The van der Waals surface area contributed by atoms with Crippen molar-refractivity contribution in [2.24, 2.45) is 5.92 Å². The summed E-state index contributed by atoms with van der Waals surface area (Å²) >= 11 is 0. The molecule has 9 heteroatoms. The van der Waals surface area contributed by atoms with Gasteiger partial charge in [0.25, 0.3) is 0 Å². The van der Waals surface area contributed by atoms with Crippen molar-refractivity contribution in [2.75, 3.05) is 54.5 Å². The van der Waals surface area contributed by atoms with Crippen molar-refractivity contribution >= 4 is 15.9 Å². The molecular weight excluding hydrogens is 370 g/mol. The van der Waals surface area contributed by atoms with E-state index in [1.54, 1.807) is 12.1 Å². The number of ether oxygens (including phenoxy) is 2. The minimum atomic E-state index is -3.69. The molecule has 1 aliphatic rings. The lowest BCUT2D eigenvalue weighted by molar-refractivity contribution is -0.126. The summed E-state index contributed by atoms with van der Waals surface area (Å²) in [4.78, 5) is 14.4. The Balaban J connectivity index is 2.01. The number of carbonyl (C=O) groups is 1. The van der Waals surface area contributed by atoms with Crippen LogP contribution in [0.2, 0.25) is 0 Å². The summed E-state index contributed by atoms with van der Waals surface area (Å²) in [6.07, 6.45) is 1.01. The lowest BCUT2D eigenvalue weighted by atomic mass is 9.97. The monoisotopic (exact) mass is 399 g/mol. The van der Waals surface area contributed by atoms with Gasteiger partial charge in [-0.1, -0.05) is 0 Å². The first-order valence-electron chi connectivity index (χ1n) is 8.94. The second kappa shape index (κ2) is 9.38. The van der Waals surface area contributed by atoms with Gasteiger partial charge in [-0.25, -0.2) is 8.42 Å². The minimum absolute atomic E-state index is 0.00377. The molecule has 1 amide bonds. The highest BCUT2D eigenvalue weighted by Gasteiger charge is 2.33. The van der Waals surface area contributed by atoms with Crippen molar-refractivity contribution in [3.63, 3.8) is 0 Å². The van der Waals surface area contributed by atoms with Gasteiger partial charge in [0.1, 0.15) is 16.4 Å². The summed E-state index contributed by atoms with van der Waals surface area (Å²) in [7, 11) is 3.14. The Morgan fingerprint density at radius 1 is 1.22 bits per heavy atom. The Bertz CT molecular complexity index is 743. The molecule has 0 saturated carbocycles. The predicted molar refractivity (Wildman–Crippen MR) is 103 cm³/mol. The number of piperidine rings is 1. The number of carbonyl (C=O) groups excluding carboxylic acids is 1. The van der Waals surface area contributed by atoms with Crippen LogP contribution >= 0.6 is 0 Å². The van der Waals surface area contributed by atoms with Crippen molar-refractivity contribution in [1.82, 2.24) is 14.5 Å². The zero-order chi connectivity index (χ0) is 20.0. The summed E-state index contributed by atoms with van der Waals surface area (Å²) < 4.78 is 37.8. The molecule has 27 heavy (non-hydrogen) atoms. The van der Waals surface area contributed by atoms with Crippen LogP contribution in [-0.2, 0) is 14.8 Å². The van der Waals surface area contributed by atoms with Gasteiger partial charge in [0.15, 0.2) is 0 Å². The molecule has 0 bridgehead atoms. The van der Waals surface area contributed by atoms with E-state index in [2.05, 4.69) is 5.32 Å². The minimum Gasteiger partial charge on any atom is -0.497 e. The number of benzene rings is 1. The third-order valence-electron chi connectivity index (χ3n) is 4.67. The molecule has 1 saturated heterocycles. The SMILES string of the molecule is COc1ccc(S(=O)(=O)N2CCC(C(=O)NCCN(C)C)CC2)c(OC)c1. The molecule has 1 heterocycles. The van der Waals surface area contributed by atoms with Crippen LogP contribution < -0.4 is 14.8 Å². The van der Waals surface area contributed by atoms with Crippen LogP contribution in [0, 0.1) is 5.92 Å². The number of likely N-dealkylation sites (N-methyl/N-ethyl adjacent to an activating group) is 1. The van der Waals surface area contributed by atoms with Gasteiger partial charge in [0.05, 0.1) is 14.2 Å². The number of hydrogen-bond acceptors (Lipinski definition) is 6. The van der Waals surface area contributed by atoms with E-state index in [-0.39, 0.29) is 22.5 Å². The fraction of sp³-hybridized carbons (Fsp3) is 0.611. The predicted octanol–water partition coefficient (Wildman–Crippen LogP) is 0.782. The van der Waals surface area contributed by atoms with E-state index in [1.165, 1.54) is 24.6 Å². The number of nitrogens with zero attached hydrogens (tertiary/aromatic N) is 2. The molecule has 152 valence electrons. The molecular formula is C18H29N3O5S. The van der Waals surface area contributed by atoms with Crippen LogP contribution in [0.4, 0.5) is 0 Å². The van der Waals surface area contributed by atoms with Gasteiger partial charge in [-0.05, 0) is 39.1 Å². The molecule has 2 rings (SSSR count). The average molecular weight is 400 g/mol. The Labute approximate surface area is 161 Å². The first-order chi connectivity index (χ1) is 12.8. The highest BCUT2D eigenvalue weighted by Crippen LogP contribution is 2.32. The van der Waals surface area contributed by atoms with Crippen LogP contribution in [0.15, 0.2) is 23.1 Å². The number of amides is 1. The van der Waals surface area contributed by atoms with E-state index >= 15 is 0 Å². The molecule has 0 unspecified atom stereocenters. The lowest BCUT2D eigenvalue weighted by Gasteiger charge is -2.31. The van der Waals surface area contributed by atoms with Crippen molar-refractivity contribution in [2.45, 2.75) is 17.7 Å². The topological polar surface area (TPSA) is 88.2 Å². The summed E-state index contributed by atoms with van der Waals surface area (Å²) in [5, 5.41) is 2.92. The second-order valence-electron chi connectivity index (χ2n) is 6.79. The molecule has 0 spiro atoms. The van der Waals surface area contributed by atoms with Gasteiger partial charge in [-0.2, -0.15) is 4.31 Å². The summed E-state index contributed by atoms with van der Waals surface area (Å²) in [6.45, 7) is 1.98. The molecule has 0 radical (unpaired) electrons. The summed E-state index contributed by atoms with van der Waals surface area (Å²) in [5.74, 6) is 0.615. The fourth-order valence-electron chi connectivity index (χ4n) is 3.03. The molecule has 1 N–H and O–H groups in total. The van der Waals surface area contributed by atoms with Crippen LogP contribution in [0.1, 0.15) is 12.8 Å². The molecule has 1 aromatic rings. The highest BCUT2D eigenvalue weighted by atomic mass is 32.2. The Hall–Kier alpha value is -1.84. The van der Waals surface area contributed by atoms with Gasteiger partial charge < -0.3 is 19.7 Å². The van der Waals surface area contributed by atoms with Crippen LogP contribution in [0.25, 0.3) is 0 Å². The zero-order valence-electron chi connectivity index (χ0n) is 16.4. The maximum atomic E-state index is 13.0. The zero-order valence-corrected chi connectivity index (χ0v) is 17.2. The second-order valence-corrected chi connectivity index (χ2v) is 8.70. The molecule has 1 aromatic carbocycles. The van der Waals surface area contributed by atoms with Crippen LogP contribution in [0.5, 0.6) is 11.5 Å². The number of sulfonamides is 1. The Morgan fingerprint density at radius 2 is 1.89 bits per heavy atom. The summed E-state index contributed by atoms with van der Waals surface area (Å²) in [6, 6.07) is 4.64. The highest BCUT2D eigenvalue weighted by molar-refractivity contribution is 7.89. The molecule has 8 nitrogen and oxygen atoms in total. The van der Waals surface area contributed by atoms with Gasteiger partial charge in [-0.3, -0.25) is 4.79 Å². The third kappa shape index (κ3) is 5.33. The van der Waals surface area contributed by atoms with E-state index < -0.39 is 10.0 Å². The fourth-order valence-corrected chi connectivity index (χ4v) is 4.64. The van der Waals surface area contributed by atoms with E-state index in [9.17, 15) is 13.2 Å². The van der Waals surface area contributed by atoms with Gasteiger partial charge in [0, 0.05) is 38.2 Å². The van der Waals surface area contributed by atoms with E-state index in [4.69, 9.17) is 9.47 Å². The van der Waals surface area contributed by atoms with Gasteiger partial charge in [-0.15, -0.1) is 0 Å². The van der Waals surface area contributed by atoms with Crippen molar-refractivity contribution in [3.05, 3.63) is 18.2 Å². The van der Waals surface area contributed by atoms with E-state index in [1.807, 2.05) is 19.0 Å². The maximum Gasteiger partial charge on any atom is 0.246 e. The quantitative estimate of drug-likeness (QED) is 0.695. The Morgan fingerprint density at radius 3 is 2.44 bits per heavy atom. The standard InChI is InChI=1S/C18H29N3O5S/c1-20(2)12-9-19-18(22)14-7-10-21(11-8-14)27(23,24)17-6-5-15(25-3)13-16(17)26-4/h5-6,13-14H,7-12H2,1-4H3,(H,19,22). The van der Waals surface area contributed by atoms with E-state index in [0.717, 1.165) is 6.54 Å². The van der Waals surface area contributed by atoms with E-state index in [0.29, 0.717) is 38.2 Å². The number of nitrogens with one attached hydrogen (secondary N) is 1. The number of rotatable bonds is 8. The van der Waals surface area contributed by atoms with Crippen molar-refractivity contribution < 1.29 is 22.7 Å². The molecule has 0 atom stereocenters. The lowest BCUT2D eigenvalue weighted by Crippen LogP contribution is -2.44. The first-order valence-corrected chi connectivity index (χ1v) is 10.4. The first kappa shape index (κ1) is 21.5. The van der Waals surface area contributed by atoms with Gasteiger partial charge in [0.2, 0.25) is 15.9 Å². The molecule has 1 fully saturated rings. The normalized spacial score (nSPS) is 16.3. The number of methoxy groups -OCH3 is 2. The molecule has 0 aromatic heterocycles. The van der Waals surface area contributed by atoms with Crippen LogP contribution in [0.3, 0.4) is 0 Å². The maximum absolute atomic E-state index is 13.0. The van der Waals surface area contributed by atoms with Crippen molar-refractivity contribution in [1.29, 1.82) is 0 Å². The number of hydrogen-bond donors (Lipinski definition) is 1. The molecule has 1 aliphatic heterocycles.